The van der Waals surface area contributed by atoms with Gasteiger partial charge in [0.1, 0.15) is 0 Å². The van der Waals surface area contributed by atoms with Crippen LogP contribution in [-0.2, 0) is 4.79 Å². The van der Waals surface area contributed by atoms with Gasteiger partial charge in [-0.15, -0.1) is 0 Å². The molecule has 1 rings (SSSR count). The predicted octanol–water partition coefficient (Wildman–Crippen LogP) is 1.05. The lowest BCUT2D eigenvalue weighted by atomic mass is 10.1. The fourth-order valence-corrected chi connectivity index (χ4v) is 0.846. The number of nitrogens with one attached hydrogen (secondary N) is 1. The zero-order valence-electron chi connectivity index (χ0n) is 5.77. The van der Waals surface area contributed by atoms with Crippen LogP contribution < -0.4 is 5.32 Å². The highest BCUT2D eigenvalue weighted by atomic mass is 16.1. The maximum Gasteiger partial charge on any atom is 0.227 e. The number of carbonyl (C=O) groups is 1. The number of amides is 1. The number of carbonyl (C=O) groups excluding carboxylic acids is 1. The average molecular weight is 125 g/mol. The van der Waals surface area contributed by atoms with Gasteiger partial charge in [-0.3, -0.25) is 4.79 Å². The second kappa shape index (κ2) is 2.21. The minimum absolute atomic E-state index is 0.124. The first-order chi connectivity index (χ1) is 4.20. The van der Waals surface area contributed by atoms with Crippen LogP contribution in [0.2, 0.25) is 0 Å². The van der Waals surface area contributed by atoms with E-state index in [4.69, 9.17) is 0 Å². The molecule has 1 aliphatic heterocycles. The Morgan fingerprint density at radius 3 is 2.56 bits per heavy atom. The third kappa shape index (κ3) is 1.31. The molecule has 0 saturated carbocycles. The van der Waals surface area contributed by atoms with E-state index in [1.807, 2.05) is 6.08 Å². The molecular weight excluding hydrogens is 114 g/mol. The topological polar surface area (TPSA) is 29.1 Å². The Labute approximate surface area is 54.9 Å². The molecule has 0 saturated heterocycles. The minimum Gasteiger partial charge on any atom is -0.330 e. The zero-order valence-corrected chi connectivity index (χ0v) is 5.77. The SMILES string of the molecule is CC(C)C1=CCC(=O)N1. The Kier molecular flexibility index (Phi) is 1.56. The highest BCUT2D eigenvalue weighted by Gasteiger charge is 2.12. The van der Waals surface area contributed by atoms with E-state index in [-0.39, 0.29) is 5.91 Å². The van der Waals surface area contributed by atoms with Gasteiger partial charge in [-0.05, 0) is 5.92 Å². The monoisotopic (exact) mass is 125 g/mol. The standard InChI is InChI=1S/C7H11NO/c1-5(2)6-3-4-7(9)8-6/h3,5H,4H2,1-2H3,(H,8,9). The molecule has 0 fully saturated rings. The van der Waals surface area contributed by atoms with Gasteiger partial charge >= 0.3 is 0 Å². The first-order valence-electron chi connectivity index (χ1n) is 3.20. The third-order valence-electron chi connectivity index (χ3n) is 1.41. The summed E-state index contributed by atoms with van der Waals surface area (Å²) >= 11 is 0. The van der Waals surface area contributed by atoms with Crippen LogP contribution in [0, 0.1) is 5.92 Å². The summed E-state index contributed by atoms with van der Waals surface area (Å²) in [6.45, 7) is 4.13. The molecule has 1 N–H and O–H groups in total. The number of hydrogen-bond donors (Lipinski definition) is 1. The quantitative estimate of drug-likeness (QED) is 0.557. The molecule has 2 nitrogen and oxygen atoms in total. The van der Waals surface area contributed by atoms with Gasteiger partial charge in [-0.2, -0.15) is 0 Å². The van der Waals surface area contributed by atoms with E-state index < -0.39 is 0 Å². The lowest BCUT2D eigenvalue weighted by molar-refractivity contribution is -0.118. The van der Waals surface area contributed by atoms with E-state index in [1.54, 1.807) is 0 Å². The molecule has 0 aromatic rings. The highest BCUT2D eigenvalue weighted by molar-refractivity contribution is 5.82. The van der Waals surface area contributed by atoms with Crippen LogP contribution in [0.1, 0.15) is 20.3 Å². The molecule has 50 valence electrons. The van der Waals surface area contributed by atoms with Crippen molar-refractivity contribution in [3.63, 3.8) is 0 Å². The number of rotatable bonds is 1. The second-order valence-corrected chi connectivity index (χ2v) is 2.57. The first-order valence-corrected chi connectivity index (χ1v) is 3.20. The van der Waals surface area contributed by atoms with E-state index in [1.165, 1.54) is 0 Å². The largest absolute Gasteiger partial charge is 0.330 e. The second-order valence-electron chi connectivity index (χ2n) is 2.57. The molecule has 9 heavy (non-hydrogen) atoms. The lowest BCUT2D eigenvalue weighted by Gasteiger charge is -2.04. The Morgan fingerprint density at radius 2 is 2.33 bits per heavy atom. The molecule has 0 bridgehead atoms. The summed E-state index contributed by atoms with van der Waals surface area (Å²) in [5.74, 6) is 0.579. The van der Waals surface area contributed by atoms with Crippen molar-refractivity contribution in [1.29, 1.82) is 0 Å². The summed E-state index contributed by atoms with van der Waals surface area (Å²) in [6, 6.07) is 0. The van der Waals surface area contributed by atoms with E-state index in [0.717, 1.165) is 5.70 Å². The fraction of sp³-hybridized carbons (Fsp3) is 0.571. The van der Waals surface area contributed by atoms with Crippen LogP contribution in [0.25, 0.3) is 0 Å². The van der Waals surface area contributed by atoms with Crippen LogP contribution in [-0.4, -0.2) is 5.91 Å². The van der Waals surface area contributed by atoms with Gasteiger partial charge < -0.3 is 5.32 Å². The smallest absolute Gasteiger partial charge is 0.227 e. The Morgan fingerprint density at radius 1 is 1.67 bits per heavy atom. The molecule has 0 aromatic heterocycles. The highest BCUT2D eigenvalue weighted by Crippen LogP contribution is 2.11. The third-order valence-corrected chi connectivity index (χ3v) is 1.41. The molecular formula is C7H11NO. The summed E-state index contributed by atoms with van der Waals surface area (Å²) in [4.78, 5) is 10.6. The van der Waals surface area contributed by atoms with Crippen LogP contribution in [0.15, 0.2) is 11.8 Å². The van der Waals surface area contributed by atoms with Crippen LogP contribution in [0.5, 0.6) is 0 Å². The Balaban J connectivity index is 2.55. The molecule has 1 aliphatic rings. The first kappa shape index (κ1) is 6.33. The normalized spacial score (nSPS) is 18.1. The van der Waals surface area contributed by atoms with Crippen LogP contribution in [0.3, 0.4) is 0 Å². The maximum absolute atomic E-state index is 10.6. The lowest BCUT2D eigenvalue weighted by Crippen LogP contribution is -2.17. The summed E-state index contributed by atoms with van der Waals surface area (Å²) in [6.07, 6.45) is 2.51. The predicted molar refractivity (Wildman–Crippen MR) is 35.7 cm³/mol. The van der Waals surface area contributed by atoms with Gasteiger partial charge in [0.05, 0.1) is 0 Å². The minimum atomic E-state index is 0.124. The van der Waals surface area contributed by atoms with E-state index in [9.17, 15) is 4.79 Å². The molecule has 0 spiro atoms. The summed E-state index contributed by atoms with van der Waals surface area (Å²) in [5.41, 5.74) is 1.07. The van der Waals surface area contributed by atoms with Crippen molar-refractivity contribution >= 4 is 5.91 Å². The van der Waals surface area contributed by atoms with Crippen LogP contribution in [0.4, 0.5) is 0 Å². The van der Waals surface area contributed by atoms with Gasteiger partial charge in [-0.25, -0.2) is 0 Å². The van der Waals surface area contributed by atoms with Crippen LogP contribution >= 0.6 is 0 Å². The van der Waals surface area contributed by atoms with Gasteiger partial charge in [0.2, 0.25) is 5.91 Å². The van der Waals surface area contributed by atoms with Crippen molar-refractivity contribution in [3.8, 4) is 0 Å². The van der Waals surface area contributed by atoms with Crippen molar-refractivity contribution in [2.75, 3.05) is 0 Å². The van der Waals surface area contributed by atoms with Gasteiger partial charge in [-0.1, -0.05) is 19.9 Å². The summed E-state index contributed by atoms with van der Waals surface area (Å²) in [7, 11) is 0. The maximum atomic E-state index is 10.6. The average Bonchev–Trinajstić information content (AvgIpc) is 2.14. The molecule has 1 heterocycles. The fourth-order valence-electron chi connectivity index (χ4n) is 0.846. The molecule has 2 heteroatoms. The number of hydrogen-bond acceptors (Lipinski definition) is 1. The van der Waals surface area contributed by atoms with Crippen molar-refractivity contribution < 1.29 is 4.79 Å². The van der Waals surface area contributed by atoms with Crippen molar-refractivity contribution in [2.45, 2.75) is 20.3 Å². The molecule has 0 unspecified atom stereocenters. The number of allylic oxidation sites excluding steroid dienone is 1. The van der Waals surface area contributed by atoms with Gasteiger partial charge in [0, 0.05) is 12.1 Å². The molecule has 0 aromatic carbocycles. The van der Waals surface area contributed by atoms with Gasteiger partial charge in [0.15, 0.2) is 0 Å². The zero-order chi connectivity index (χ0) is 6.85. The van der Waals surface area contributed by atoms with E-state index >= 15 is 0 Å². The van der Waals surface area contributed by atoms with Crippen molar-refractivity contribution in [3.05, 3.63) is 11.8 Å². The summed E-state index contributed by atoms with van der Waals surface area (Å²) in [5, 5.41) is 2.78. The van der Waals surface area contributed by atoms with Crippen molar-refractivity contribution in [2.24, 2.45) is 5.92 Å². The Bertz CT molecular complexity index is 158. The summed E-state index contributed by atoms with van der Waals surface area (Å²) < 4.78 is 0. The van der Waals surface area contributed by atoms with Crippen molar-refractivity contribution in [1.82, 2.24) is 5.32 Å². The molecule has 0 atom stereocenters. The van der Waals surface area contributed by atoms with E-state index in [0.29, 0.717) is 12.3 Å². The molecule has 0 aliphatic carbocycles. The Hall–Kier alpha value is -0.790. The van der Waals surface area contributed by atoms with E-state index in [2.05, 4.69) is 19.2 Å². The van der Waals surface area contributed by atoms with Gasteiger partial charge in [0.25, 0.3) is 0 Å². The molecule has 1 amide bonds. The molecule has 0 radical (unpaired) electrons.